The molecule has 2 rings (SSSR count). The number of likely N-dealkylation sites (N-methyl/N-ethyl adjacent to an activating group) is 1. The van der Waals surface area contributed by atoms with E-state index in [4.69, 9.17) is 4.74 Å². The highest BCUT2D eigenvalue weighted by atomic mass is 16.5. The molecule has 0 bridgehead atoms. The fourth-order valence-corrected chi connectivity index (χ4v) is 2.10. The van der Waals surface area contributed by atoms with Crippen molar-refractivity contribution >= 4 is 11.6 Å². The summed E-state index contributed by atoms with van der Waals surface area (Å²) in [6.07, 6.45) is 0. The number of anilines is 2. The van der Waals surface area contributed by atoms with E-state index in [1.807, 2.05) is 13.0 Å². The summed E-state index contributed by atoms with van der Waals surface area (Å²) in [4.78, 5) is 11.2. The van der Waals surface area contributed by atoms with Crippen LogP contribution in [0.3, 0.4) is 0 Å². The third kappa shape index (κ3) is 4.29. The zero-order chi connectivity index (χ0) is 14.4. The summed E-state index contributed by atoms with van der Waals surface area (Å²) in [5.74, 6) is 2.32. The van der Waals surface area contributed by atoms with E-state index in [0.29, 0.717) is 12.4 Å². The highest BCUT2D eigenvalue weighted by molar-refractivity contribution is 5.47. The molecule has 7 nitrogen and oxygen atoms in total. The maximum Gasteiger partial charge on any atom is 0.158 e. The van der Waals surface area contributed by atoms with Crippen molar-refractivity contribution in [3.05, 3.63) is 11.9 Å². The van der Waals surface area contributed by atoms with Crippen LogP contribution in [0.1, 0.15) is 12.7 Å². The molecule has 112 valence electrons. The lowest BCUT2D eigenvalue weighted by atomic mass is 10.4. The Labute approximate surface area is 120 Å². The van der Waals surface area contributed by atoms with Crippen LogP contribution >= 0.6 is 0 Å². The Morgan fingerprint density at radius 3 is 2.55 bits per heavy atom. The largest absolute Gasteiger partial charge is 0.377 e. The van der Waals surface area contributed by atoms with E-state index in [2.05, 4.69) is 37.7 Å². The van der Waals surface area contributed by atoms with Crippen LogP contribution < -0.4 is 10.7 Å². The van der Waals surface area contributed by atoms with Crippen LogP contribution in [0.2, 0.25) is 0 Å². The molecule has 1 aliphatic rings. The second kappa shape index (κ2) is 7.37. The molecule has 0 radical (unpaired) electrons. The second-order valence-electron chi connectivity index (χ2n) is 4.92. The van der Waals surface area contributed by atoms with Crippen molar-refractivity contribution in [2.75, 3.05) is 57.6 Å². The van der Waals surface area contributed by atoms with Gasteiger partial charge in [0.15, 0.2) is 5.82 Å². The Kier molecular flexibility index (Phi) is 5.51. The summed E-state index contributed by atoms with van der Waals surface area (Å²) in [5, 5.41) is 5.41. The van der Waals surface area contributed by atoms with Gasteiger partial charge in [0.05, 0.1) is 0 Å². The van der Waals surface area contributed by atoms with E-state index in [9.17, 15) is 0 Å². The predicted octanol–water partition coefficient (Wildman–Crippen LogP) is 0.629. The lowest BCUT2D eigenvalue weighted by molar-refractivity contribution is 0.175. The van der Waals surface area contributed by atoms with Gasteiger partial charge in [0.25, 0.3) is 0 Å². The molecule has 7 heteroatoms. The van der Waals surface area contributed by atoms with E-state index < -0.39 is 0 Å². The van der Waals surface area contributed by atoms with Crippen molar-refractivity contribution < 1.29 is 4.74 Å². The molecule has 0 spiro atoms. The van der Waals surface area contributed by atoms with Crippen molar-refractivity contribution in [2.45, 2.75) is 13.5 Å². The fraction of sp³-hybridized carbons (Fsp3) is 0.692. The zero-order valence-electron chi connectivity index (χ0n) is 12.5. The summed E-state index contributed by atoms with van der Waals surface area (Å²) in [6, 6.07) is 1.93. The summed E-state index contributed by atoms with van der Waals surface area (Å²) in [6.45, 7) is 7.37. The minimum absolute atomic E-state index is 0.413. The van der Waals surface area contributed by atoms with Gasteiger partial charge in [0, 0.05) is 45.9 Å². The topological polar surface area (TPSA) is 65.5 Å². The third-order valence-electron chi connectivity index (χ3n) is 3.18. The predicted molar refractivity (Wildman–Crippen MR) is 79.6 cm³/mol. The zero-order valence-corrected chi connectivity index (χ0v) is 12.5. The summed E-state index contributed by atoms with van der Waals surface area (Å²) >= 11 is 0. The summed E-state index contributed by atoms with van der Waals surface area (Å²) < 4.78 is 5.12. The van der Waals surface area contributed by atoms with Crippen LogP contribution in [-0.2, 0) is 11.3 Å². The number of hydrazine groups is 1. The van der Waals surface area contributed by atoms with Gasteiger partial charge >= 0.3 is 0 Å². The van der Waals surface area contributed by atoms with Gasteiger partial charge in [-0.3, -0.25) is 0 Å². The Morgan fingerprint density at radius 1 is 1.20 bits per heavy atom. The van der Waals surface area contributed by atoms with Gasteiger partial charge < -0.3 is 20.4 Å². The number of nitrogens with zero attached hydrogens (tertiary/aromatic N) is 4. The van der Waals surface area contributed by atoms with E-state index >= 15 is 0 Å². The molecule has 1 saturated heterocycles. The average Bonchev–Trinajstić information content (AvgIpc) is 2.42. The molecule has 0 aromatic carbocycles. The lowest BCUT2D eigenvalue weighted by Gasteiger charge is -2.32. The molecule has 0 atom stereocenters. The normalized spacial score (nSPS) is 17.1. The SMILES string of the molecule is CCNc1cc(NN2CCN(C)CC2)nc(COC)n1. The minimum atomic E-state index is 0.413. The van der Waals surface area contributed by atoms with Crippen LogP contribution in [0.15, 0.2) is 6.07 Å². The van der Waals surface area contributed by atoms with Gasteiger partial charge in [-0.15, -0.1) is 0 Å². The number of piperazine rings is 1. The number of hydrogen-bond donors (Lipinski definition) is 2. The Balaban J connectivity index is 2.05. The van der Waals surface area contributed by atoms with Crippen LogP contribution in [0.5, 0.6) is 0 Å². The van der Waals surface area contributed by atoms with Crippen molar-refractivity contribution in [3.63, 3.8) is 0 Å². The van der Waals surface area contributed by atoms with Crippen LogP contribution in [0.25, 0.3) is 0 Å². The molecule has 0 amide bonds. The molecule has 0 unspecified atom stereocenters. The van der Waals surface area contributed by atoms with E-state index in [1.54, 1.807) is 7.11 Å². The molecule has 1 aromatic rings. The second-order valence-corrected chi connectivity index (χ2v) is 4.92. The molecule has 0 saturated carbocycles. The molecule has 20 heavy (non-hydrogen) atoms. The number of methoxy groups -OCH3 is 1. The first-order chi connectivity index (χ1) is 9.71. The maximum absolute atomic E-state index is 5.12. The highest BCUT2D eigenvalue weighted by Gasteiger charge is 2.14. The number of ether oxygens (including phenoxy) is 1. The Morgan fingerprint density at radius 2 is 1.90 bits per heavy atom. The first-order valence-electron chi connectivity index (χ1n) is 7.02. The molecule has 1 aromatic heterocycles. The number of nitrogens with one attached hydrogen (secondary N) is 2. The van der Waals surface area contributed by atoms with Gasteiger partial charge in [-0.2, -0.15) is 0 Å². The van der Waals surface area contributed by atoms with Crippen molar-refractivity contribution in [2.24, 2.45) is 0 Å². The highest BCUT2D eigenvalue weighted by Crippen LogP contribution is 2.13. The Bertz CT molecular complexity index is 395. The quantitative estimate of drug-likeness (QED) is 0.792. The van der Waals surface area contributed by atoms with E-state index in [0.717, 1.165) is 44.4 Å². The molecule has 1 fully saturated rings. The molecular formula is C13H24N6O. The summed E-state index contributed by atoms with van der Waals surface area (Å²) in [7, 11) is 3.79. The van der Waals surface area contributed by atoms with Crippen LogP contribution in [0.4, 0.5) is 11.6 Å². The Hall–Kier alpha value is -1.44. The van der Waals surface area contributed by atoms with Gasteiger partial charge in [-0.1, -0.05) is 0 Å². The lowest BCUT2D eigenvalue weighted by Crippen LogP contribution is -2.47. The number of hydrogen-bond acceptors (Lipinski definition) is 7. The number of rotatable bonds is 6. The minimum Gasteiger partial charge on any atom is -0.377 e. The van der Waals surface area contributed by atoms with Crippen LogP contribution in [0, 0.1) is 0 Å². The summed E-state index contributed by atoms with van der Waals surface area (Å²) in [5.41, 5.74) is 3.36. The van der Waals surface area contributed by atoms with E-state index in [1.165, 1.54) is 0 Å². The standard InChI is InChI=1S/C13H24N6O/c1-4-14-11-9-12(16-13(15-11)10-20-3)17-19-7-5-18(2)6-8-19/h9H,4-8,10H2,1-3H3,(H2,14,15,16,17). The first-order valence-corrected chi connectivity index (χ1v) is 7.02. The molecule has 2 N–H and O–H groups in total. The van der Waals surface area contributed by atoms with Gasteiger partial charge in [0.1, 0.15) is 18.2 Å². The first kappa shape index (κ1) is 15.0. The smallest absolute Gasteiger partial charge is 0.158 e. The third-order valence-corrected chi connectivity index (χ3v) is 3.18. The maximum atomic E-state index is 5.12. The van der Waals surface area contributed by atoms with Crippen LogP contribution in [-0.4, -0.2) is 66.8 Å². The number of aromatic nitrogens is 2. The van der Waals surface area contributed by atoms with Gasteiger partial charge in [-0.25, -0.2) is 15.0 Å². The van der Waals surface area contributed by atoms with Gasteiger partial charge in [0.2, 0.25) is 0 Å². The van der Waals surface area contributed by atoms with Gasteiger partial charge in [-0.05, 0) is 14.0 Å². The molecule has 1 aliphatic heterocycles. The molecule has 0 aliphatic carbocycles. The fourth-order valence-electron chi connectivity index (χ4n) is 2.10. The van der Waals surface area contributed by atoms with Crippen molar-refractivity contribution in [1.29, 1.82) is 0 Å². The molecule has 2 heterocycles. The monoisotopic (exact) mass is 280 g/mol. The molecular weight excluding hydrogens is 256 g/mol. The van der Waals surface area contributed by atoms with Crippen molar-refractivity contribution in [3.8, 4) is 0 Å². The average molecular weight is 280 g/mol. The van der Waals surface area contributed by atoms with Crippen molar-refractivity contribution in [1.82, 2.24) is 19.9 Å². The van der Waals surface area contributed by atoms with E-state index in [-0.39, 0.29) is 0 Å².